The number of anilines is 4. The van der Waals surface area contributed by atoms with Crippen molar-refractivity contribution < 1.29 is 4.79 Å². The summed E-state index contributed by atoms with van der Waals surface area (Å²) in [6.07, 6.45) is 0. The lowest BCUT2D eigenvalue weighted by molar-refractivity contribution is 0.262. The van der Waals surface area contributed by atoms with E-state index >= 15 is 0 Å². The third-order valence-electron chi connectivity index (χ3n) is 4.65. The van der Waals surface area contributed by atoms with Crippen LogP contribution in [0.2, 0.25) is 0 Å². The molecule has 0 unspecified atom stereocenters. The van der Waals surface area contributed by atoms with Gasteiger partial charge in [0, 0.05) is 37.6 Å². The second-order valence-corrected chi connectivity index (χ2v) is 6.53. The molecule has 4 rings (SSSR count). The van der Waals surface area contributed by atoms with E-state index in [1.807, 2.05) is 42.5 Å². The highest BCUT2D eigenvalue weighted by molar-refractivity contribution is 5.99. The van der Waals surface area contributed by atoms with E-state index in [2.05, 4.69) is 54.9 Å². The van der Waals surface area contributed by atoms with Gasteiger partial charge in [0.1, 0.15) is 0 Å². The average molecular weight is 374 g/mol. The van der Waals surface area contributed by atoms with E-state index in [-0.39, 0.29) is 6.03 Å². The van der Waals surface area contributed by atoms with Gasteiger partial charge in [0.2, 0.25) is 0 Å². The van der Waals surface area contributed by atoms with Crippen molar-refractivity contribution >= 4 is 29.0 Å². The first-order chi connectivity index (χ1) is 13.8. The Labute approximate surface area is 164 Å². The molecule has 0 spiro atoms. The van der Waals surface area contributed by atoms with Crippen molar-refractivity contribution in [3.05, 3.63) is 72.8 Å². The normalized spacial score (nSPS) is 13.9. The molecule has 1 aliphatic heterocycles. The van der Waals surface area contributed by atoms with Crippen LogP contribution in [0.25, 0.3) is 0 Å². The van der Waals surface area contributed by atoms with E-state index in [0.717, 1.165) is 37.7 Å². The molecule has 0 radical (unpaired) electrons. The number of para-hydroxylation sites is 2. The van der Waals surface area contributed by atoms with Crippen molar-refractivity contribution in [1.82, 2.24) is 10.2 Å². The molecular weight excluding hydrogens is 352 g/mol. The zero-order chi connectivity index (χ0) is 19.2. The molecule has 1 saturated heterocycles. The van der Waals surface area contributed by atoms with Gasteiger partial charge in [-0.2, -0.15) is 0 Å². The number of benzene rings is 2. The molecule has 2 aromatic carbocycles. The fraction of sp³-hybridized carbons (Fsp3) is 0.190. The maximum atomic E-state index is 12.0. The van der Waals surface area contributed by atoms with Gasteiger partial charge in [0.25, 0.3) is 0 Å². The molecule has 0 bridgehead atoms. The lowest BCUT2D eigenvalue weighted by Gasteiger charge is -2.36. The first-order valence-corrected chi connectivity index (χ1v) is 9.30. The molecule has 1 aromatic heterocycles. The van der Waals surface area contributed by atoms with Crippen molar-refractivity contribution in [3.8, 4) is 0 Å². The van der Waals surface area contributed by atoms with Gasteiger partial charge in [-0.1, -0.05) is 36.4 Å². The molecule has 2 amide bonds. The number of carbonyl (C=O) groups is 1. The number of urea groups is 1. The lowest BCUT2D eigenvalue weighted by atomic mass is 10.2. The molecular formula is C21H22N6O. The number of hydrogen-bond donors (Lipinski definition) is 2. The zero-order valence-corrected chi connectivity index (χ0v) is 15.5. The number of carbonyl (C=O) groups excluding carboxylic acids is 1. The predicted molar refractivity (Wildman–Crippen MR) is 112 cm³/mol. The van der Waals surface area contributed by atoms with Crippen LogP contribution in [0, 0.1) is 0 Å². The number of aromatic nitrogens is 2. The van der Waals surface area contributed by atoms with Crippen LogP contribution in [0.4, 0.5) is 27.8 Å². The highest BCUT2D eigenvalue weighted by Gasteiger charge is 2.18. The number of nitrogens with one attached hydrogen (secondary N) is 2. The van der Waals surface area contributed by atoms with Crippen LogP contribution in [-0.4, -0.2) is 42.4 Å². The largest absolute Gasteiger partial charge is 0.368 e. The lowest BCUT2D eigenvalue weighted by Crippen LogP contribution is -2.46. The van der Waals surface area contributed by atoms with E-state index in [0.29, 0.717) is 5.82 Å². The van der Waals surface area contributed by atoms with E-state index < -0.39 is 0 Å². The Balaban J connectivity index is 1.31. The van der Waals surface area contributed by atoms with Gasteiger partial charge in [-0.15, -0.1) is 10.2 Å². The SMILES string of the molecule is O=C(Nc1ccccc1)Nc1ccc(N2CCN(c3ccccc3)CC2)nn1. The molecule has 2 heterocycles. The fourth-order valence-electron chi connectivity index (χ4n) is 3.19. The Hall–Kier alpha value is -3.61. The molecule has 28 heavy (non-hydrogen) atoms. The third-order valence-corrected chi connectivity index (χ3v) is 4.65. The number of rotatable bonds is 4. The van der Waals surface area contributed by atoms with Gasteiger partial charge < -0.3 is 15.1 Å². The predicted octanol–water partition coefficient (Wildman–Crippen LogP) is 3.45. The van der Waals surface area contributed by atoms with Crippen LogP contribution < -0.4 is 20.4 Å². The second kappa shape index (κ2) is 8.39. The minimum Gasteiger partial charge on any atom is -0.368 e. The number of hydrogen-bond acceptors (Lipinski definition) is 5. The Kier molecular flexibility index (Phi) is 5.33. The van der Waals surface area contributed by atoms with Crippen LogP contribution in [-0.2, 0) is 0 Å². The number of nitrogens with zero attached hydrogens (tertiary/aromatic N) is 4. The minimum atomic E-state index is -0.343. The summed E-state index contributed by atoms with van der Waals surface area (Å²) in [5.41, 5.74) is 1.97. The summed E-state index contributed by atoms with van der Waals surface area (Å²) in [5.74, 6) is 1.24. The monoisotopic (exact) mass is 374 g/mol. The molecule has 0 aliphatic carbocycles. The fourth-order valence-corrected chi connectivity index (χ4v) is 3.19. The minimum absolute atomic E-state index is 0.343. The second-order valence-electron chi connectivity index (χ2n) is 6.53. The van der Waals surface area contributed by atoms with E-state index in [4.69, 9.17) is 0 Å². The maximum absolute atomic E-state index is 12.0. The smallest absolute Gasteiger partial charge is 0.324 e. The van der Waals surface area contributed by atoms with Crippen molar-refractivity contribution in [2.45, 2.75) is 0 Å². The quantitative estimate of drug-likeness (QED) is 0.732. The molecule has 1 aliphatic rings. The van der Waals surface area contributed by atoms with E-state index in [1.54, 1.807) is 6.07 Å². The van der Waals surface area contributed by atoms with Crippen LogP contribution >= 0.6 is 0 Å². The Morgan fingerprint density at radius 1 is 0.714 bits per heavy atom. The molecule has 7 nitrogen and oxygen atoms in total. The standard InChI is InChI=1S/C21H22N6O/c28-21(22-17-7-3-1-4-8-17)23-19-11-12-20(25-24-19)27-15-13-26(14-16-27)18-9-5-2-6-10-18/h1-12H,13-16H2,(H2,22,23,24,28). The summed E-state index contributed by atoms with van der Waals surface area (Å²) < 4.78 is 0. The van der Waals surface area contributed by atoms with Crippen LogP contribution in [0.5, 0.6) is 0 Å². The maximum Gasteiger partial charge on any atom is 0.324 e. The van der Waals surface area contributed by atoms with Crippen LogP contribution in [0.1, 0.15) is 0 Å². The highest BCUT2D eigenvalue weighted by atomic mass is 16.2. The molecule has 7 heteroatoms. The first kappa shape index (κ1) is 17.8. The van der Waals surface area contributed by atoms with E-state index in [9.17, 15) is 4.79 Å². The van der Waals surface area contributed by atoms with E-state index in [1.165, 1.54) is 5.69 Å². The van der Waals surface area contributed by atoms with Gasteiger partial charge >= 0.3 is 6.03 Å². The Morgan fingerprint density at radius 2 is 1.36 bits per heavy atom. The molecule has 2 N–H and O–H groups in total. The zero-order valence-electron chi connectivity index (χ0n) is 15.5. The summed E-state index contributed by atoms with van der Waals surface area (Å²) in [7, 11) is 0. The summed E-state index contributed by atoms with van der Waals surface area (Å²) in [6, 6.07) is 23.0. The summed E-state index contributed by atoms with van der Waals surface area (Å²) in [6.45, 7) is 3.63. The topological polar surface area (TPSA) is 73.4 Å². The Morgan fingerprint density at radius 3 is 2.00 bits per heavy atom. The van der Waals surface area contributed by atoms with Crippen LogP contribution in [0.15, 0.2) is 72.8 Å². The van der Waals surface area contributed by atoms with Crippen molar-refractivity contribution in [2.24, 2.45) is 0 Å². The summed E-state index contributed by atoms with van der Waals surface area (Å²) >= 11 is 0. The van der Waals surface area contributed by atoms with Crippen molar-refractivity contribution in [1.29, 1.82) is 0 Å². The number of piperazine rings is 1. The summed E-state index contributed by atoms with van der Waals surface area (Å²) in [5, 5.41) is 13.9. The molecule has 0 atom stereocenters. The Bertz CT molecular complexity index is 893. The van der Waals surface area contributed by atoms with Crippen LogP contribution in [0.3, 0.4) is 0 Å². The average Bonchev–Trinajstić information content (AvgIpc) is 2.76. The molecule has 142 valence electrons. The molecule has 1 fully saturated rings. The highest BCUT2D eigenvalue weighted by Crippen LogP contribution is 2.19. The van der Waals surface area contributed by atoms with Gasteiger partial charge in [-0.25, -0.2) is 4.79 Å². The van der Waals surface area contributed by atoms with Gasteiger partial charge in [-0.05, 0) is 36.4 Å². The first-order valence-electron chi connectivity index (χ1n) is 9.30. The van der Waals surface area contributed by atoms with Crippen molar-refractivity contribution in [2.75, 3.05) is 46.6 Å². The number of amides is 2. The molecule has 0 saturated carbocycles. The van der Waals surface area contributed by atoms with Crippen molar-refractivity contribution in [3.63, 3.8) is 0 Å². The third kappa shape index (κ3) is 4.37. The van der Waals surface area contributed by atoms with Gasteiger partial charge in [0.15, 0.2) is 11.6 Å². The molecule has 3 aromatic rings. The summed E-state index contributed by atoms with van der Waals surface area (Å²) in [4.78, 5) is 16.6. The van der Waals surface area contributed by atoms with Gasteiger partial charge in [-0.3, -0.25) is 5.32 Å². The van der Waals surface area contributed by atoms with Gasteiger partial charge in [0.05, 0.1) is 0 Å².